The van der Waals surface area contributed by atoms with Gasteiger partial charge in [-0.3, -0.25) is 0 Å². The van der Waals surface area contributed by atoms with Gasteiger partial charge in [0, 0.05) is 5.56 Å². The number of hydrazone groups is 2. The van der Waals surface area contributed by atoms with Crippen LogP contribution in [0.15, 0.2) is 45.9 Å². The molecule has 0 spiro atoms. The molecule has 0 fully saturated rings. The zero-order valence-electron chi connectivity index (χ0n) is 12.7. The average Bonchev–Trinajstić information content (AvgIpc) is 3.04. The lowest BCUT2D eigenvalue weighted by Crippen LogP contribution is -2.28. The summed E-state index contributed by atoms with van der Waals surface area (Å²) in [5.41, 5.74) is 8.77. The molecule has 0 bridgehead atoms. The molecule has 0 saturated carbocycles. The van der Waals surface area contributed by atoms with Gasteiger partial charge in [-0.15, -0.1) is 5.10 Å². The number of benzene rings is 1. The zero-order chi connectivity index (χ0) is 16.8. The zero-order valence-corrected chi connectivity index (χ0v) is 12.7. The summed E-state index contributed by atoms with van der Waals surface area (Å²) in [6.45, 7) is 1.83. The van der Waals surface area contributed by atoms with Gasteiger partial charge in [0.05, 0.1) is 13.7 Å². The summed E-state index contributed by atoms with van der Waals surface area (Å²) in [7, 11) is 1.57. The van der Waals surface area contributed by atoms with E-state index in [0.29, 0.717) is 11.3 Å². The summed E-state index contributed by atoms with van der Waals surface area (Å²) in [5, 5.41) is 7.32. The number of rotatable bonds is 5. The molecule has 0 aromatic heterocycles. The predicted octanol–water partition coefficient (Wildman–Crippen LogP) is -0.0178. The molecule has 0 unspecified atom stereocenters. The van der Waals surface area contributed by atoms with Crippen LogP contribution in [0.5, 0.6) is 5.75 Å². The van der Waals surface area contributed by atoms with Crippen LogP contribution in [0.2, 0.25) is 0 Å². The third kappa shape index (κ3) is 3.51. The Hall–Kier alpha value is -3.23. The van der Waals surface area contributed by atoms with Gasteiger partial charge in [-0.05, 0) is 31.2 Å². The van der Waals surface area contributed by atoms with Crippen molar-refractivity contribution in [2.75, 3.05) is 13.7 Å². The minimum atomic E-state index is -0.715. The second-order valence-electron chi connectivity index (χ2n) is 4.30. The van der Waals surface area contributed by atoms with Gasteiger partial charge in [0.1, 0.15) is 5.75 Å². The van der Waals surface area contributed by atoms with E-state index in [1.165, 1.54) is 0 Å². The summed E-state index contributed by atoms with van der Waals surface area (Å²) >= 11 is 0. The van der Waals surface area contributed by atoms with Crippen molar-refractivity contribution in [3.8, 4) is 5.75 Å². The van der Waals surface area contributed by atoms with Crippen molar-refractivity contribution in [1.82, 2.24) is 5.43 Å². The number of carbonyl (C=O) groups excluding carboxylic acids is 1. The first-order valence-electron chi connectivity index (χ1n) is 6.71. The van der Waals surface area contributed by atoms with Gasteiger partial charge in [0.25, 0.3) is 0 Å². The van der Waals surface area contributed by atoms with Crippen molar-refractivity contribution >= 4 is 17.7 Å². The normalized spacial score (nSPS) is 16.1. The molecule has 1 heterocycles. The molecule has 1 aromatic carbocycles. The molecule has 1 aliphatic heterocycles. The minimum Gasteiger partial charge on any atom is -0.497 e. The summed E-state index contributed by atoms with van der Waals surface area (Å²) in [5.74, 6) is 5.16. The van der Waals surface area contributed by atoms with Crippen LogP contribution in [0.4, 0.5) is 0 Å². The molecule has 0 aliphatic carbocycles. The van der Waals surface area contributed by atoms with Crippen molar-refractivity contribution in [2.45, 2.75) is 6.92 Å². The number of methoxy groups -OCH3 is 1. The molecule has 0 amide bonds. The van der Waals surface area contributed by atoms with Crippen molar-refractivity contribution < 1.29 is 19.0 Å². The number of carbonyl (C=O) groups is 1. The Balaban J connectivity index is 2.26. The maximum absolute atomic E-state index is 12.0. The fraction of sp³-hybridized carbons (Fsp3) is 0.214. The van der Waals surface area contributed by atoms with Gasteiger partial charge in [-0.25, -0.2) is 10.2 Å². The van der Waals surface area contributed by atoms with Crippen LogP contribution < -0.4 is 21.7 Å². The quantitative estimate of drug-likeness (QED) is 0.173. The highest BCUT2D eigenvalue weighted by Crippen LogP contribution is 2.18. The lowest BCUT2D eigenvalue weighted by molar-refractivity contribution is -0.138. The van der Waals surface area contributed by atoms with Gasteiger partial charge in [0.2, 0.25) is 11.8 Å². The van der Waals surface area contributed by atoms with E-state index in [2.05, 4.69) is 15.6 Å². The van der Waals surface area contributed by atoms with Gasteiger partial charge < -0.3 is 25.8 Å². The van der Waals surface area contributed by atoms with E-state index in [-0.39, 0.29) is 29.8 Å². The maximum Gasteiger partial charge on any atom is 0.347 e. The minimum absolute atomic E-state index is 0.000896. The first-order chi connectivity index (χ1) is 11.1. The van der Waals surface area contributed by atoms with Crippen molar-refractivity contribution in [3.63, 3.8) is 0 Å². The van der Waals surface area contributed by atoms with Crippen LogP contribution in [0.1, 0.15) is 12.5 Å². The van der Waals surface area contributed by atoms with Gasteiger partial charge in [-0.2, -0.15) is 5.10 Å². The van der Waals surface area contributed by atoms with E-state index in [0.717, 1.165) is 0 Å². The molecule has 9 nitrogen and oxygen atoms in total. The lowest BCUT2D eigenvalue weighted by Gasteiger charge is -2.09. The number of nitrogens with zero attached hydrogens (tertiary/aromatic N) is 2. The number of amidine groups is 1. The molecule has 0 atom stereocenters. The first-order valence-corrected chi connectivity index (χ1v) is 6.71. The molecule has 2 rings (SSSR count). The van der Waals surface area contributed by atoms with Crippen LogP contribution >= 0.6 is 0 Å². The molecule has 9 heteroatoms. The van der Waals surface area contributed by atoms with Gasteiger partial charge in [-0.1, -0.05) is 0 Å². The largest absolute Gasteiger partial charge is 0.497 e. The van der Waals surface area contributed by atoms with Crippen LogP contribution in [-0.2, 0) is 14.3 Å². The molecule has 5 N–H and O–H groups in total. The molecule has 1 aliphatic rings. The Morgan fingerprint density at radius 1 is 1.39 bits per heavy atom. The van der Waals surface area contributed by atoms with Crippen molar-refractivity contribution in [2.24, 2.45) is 21.8 Å². The first kappa shape index (κ1) is 16.1. The summed E-state index contributed by atoms with van der Waals surface area (Å²) in [4.78, 5) is 12.0. The van der Waals surface area contributed by atoms with E-state index in [4.69, 9.17) is 25.8 Å². The predicted molar refractivity (Wildman–Crippen MR) is 83.2 cm³/mol. The average molecular weight is 319 g/mol. The summed E-state index contributed by atoms with van der Waals surface area (Å²) in [6.07, 6.45) is 0. The van der Waals surface area contributed by atoms with Crippen LogP contribution in [-0.4, -0.2) is 31.4 Å². The Bertz CT molecular complexity index is 679. The molecule has 1 aromatic rings. The van der Waals surface area contributed by atoms with Crippen LogP contribution in [0, 0.1) is 0 Å². The molecule has 0 saturated heterocycles. The standard InChI is InChI=1S/C14H17N5O4/c1-3-22-14(20)10(11(15)17-16)13-19-18-12(23-13)8-4-6-9(21-2)7-5-8/h4-7,19H,3,16H2,1-2H3,(H2,15,17)/b13-10-. The SMILES string of the molecule is CCOC(=O)C(/C(N)=N/N)=C1/NN=C(c2ccc(OC)cc2)O1. The molecule has 122 valence electrons. The second-order valence-corrected chi connectivity index (χ2v) is 4.30. The molecule has 0 radical (unpaired) electrons. The number of nitrogens with two attached hydrogens (primary N) is 2. The Labute approximate surface area is 132 Å². The highest BCUT2D eigenvalue weighted by atomic mass is 16.5. The smallest absolute Gasteiger partial charge is 0.347 e. The number of ether oxygens (including phenoxy) is 3. The Morgan fingerprint density at radius 3 is 2.65 bits per heavy atom. The van der Waals surface area contributed by atoms with Crippen molar-refractivity contribution in [1.29, 1.82) is 0 Å². The molecular weight excluding hydrogens is 302 g/mol. The monoisotopic (exact) mass is 319 g/mol. The third-order valence-corrected chi connectivity index (χ3v) is 2.90. The number of hydrogen-bond donors (Lipinski definition) is 3. The fourth-order valence-corrected chi connectivity index (χ4v) is 1.79. The summed E-state index contributed by atoms with van der Waals surface area (Å²) < 4.78 is 15.5. The fourth-order valence-electron chi connectivity index (χ4n) is 1.79. The number of esters is 1. The van der Waals surface area contributed by atoms with Crippen LogP contribution in [0.3, 0.4) is 0 Å². The Kier molecular flexibility index (Phi) is 5.03. The van der Waals surface area contributed by atoms with Gasteiger partial charge in [0.15, 0.2) is 11.4 Å². The van der Waals surface area contributed by atoms with E-state index >= 15 is 0 Å². The Morgan fingerprint density at radius 2 is 2.09 bits per heavy atom. The highest BCUT2D eigenvalue weighted by Gasteiger charge is 2.27. The van der Waals surface area contributed by atoms with Gasteiger partial charge >= 0.3 is 5.97 Å². The number of nitrogens with one attached hydrogen (secondary N) is 1. The van der Waals surface area contributed by atoms with E-state index < -0.39 is 5.97 Å². The van der Waals surface area contributed by atoms with Crippen LogP contribution in [0.25, 0.3) is 0 Å². The molecular formula is C14H17N5O4. The number of hydrogen-bond acceptors (Lipinski definition) is 8. The topological polar surface area (TPSA) is 134 Å². The van der Waals surface area contributed by atoms with E-state index in [9.17, 15) is 4.79 Å². The highest BCUT2D eigenvalue weighted by molar-refractivity contribution is 6.18. The van der Waals surface area contributed by atoms with Crippen molar-refractivity contribution in [3.05, 3.63) is 41.3 Å². The second kappa shape index (κ2) is 7.16. The lowest BCUT2D eigenvalue weighted by atomic mass is 10.2. The third-order valence-electron chi connectivity index (χ3n) is 2.90. The maximum atomic E-state index is 12.0. The van der Waals surface area contributed by atoms with E-state index in [1.807, 2.05) is 0 Å². The summed E-state index contributed by atoms with van der Waals surface area (Å²) in [6, 6.07) is 7.02. The molecule has 23 heavy (non-hydrogen) atoms. The van der Waals surface area contributed by atoms with E-state index in [1.54, 1.807) is 38.3 Å².